The van der Waals surface area contributed by atoms with Gasteiger partial charge in [-0.2, -0.15) is 0 Å². The van der Waals surface area contributed by atoms with Gasteiger partial charge in [0.05, 0.1) is 12.2 Å². The summed E-state index contributed by atoms with van der Waals surface area (Å²) in [4.78, 5) is 3.20. The molecule has 1 aromatic carbocycles. The third-order valence-corrected chi connectivity index (χ3v) is 4.19. The van der Waals surface area contributed by atoms with Crippen LogP contribution in [0.2, 0.25) is 0 Å². The number of aliphatic hydroxyl groups is 2. The normalized spacial score (nSPS) is 23.7. The van der Waals surface area contributed by atoms with Crippen molar-refractivity contribution in [2.75, 3.05) is 23.7 Å². The fourth-order valence-corrected chi connectivity index (χ4v) is 3.16. The Kier molecular flexibility index (Phi) is 4.50. The van der Waals surface area contributed by atoms with Crippen LogP contribution in [0.15, 0.2) is 23.1 Å². The Morgan fingerprint density at radius 1 is 1.33 bits per heavy atom. The molecule has 0 amide bonds. The number of hydrogen-bond donors (Lipinski definition) is 3. The van der Waals surface area contributed by atoms with E-state index in [9.17, 15) is 10.2 Å². The number of aliphatic hydroxyl groups excluding tert-OH is 2. The molecule has 1 saturated heterocycles. The molecule has 0 saturated carbocycles. The van der Waals surface area contributed by atoms with Crippen molar-refractivity contribution in [2.24, 2.45) is 5.73 Å². The number of nitrogens with two attached hydrogens (primary N) is 1. The summed E-state index contributed by atoms with van der Waals surface area (Å²) in [6.45, 7) is 3.52. The van der Waals surface area contributed by atoms with Crippen LogP contribution in [0, 0.1) is 0 Å². The highest BCUT2D eigenvalue weighted by Gasteiger charge is 2.30. The molecule has 0 radical (unpaired) electrons. The van der Waals surface area contributed by atoms with Gasteiger partial charge in [-0.25, -0.2) is 0 Å². The molecule has 4 N–H and O–H groups in total. The summed E-state index contributed by atoms with van der Waals surface area (Å²) in [7, 11) is 0. The first-order valence-corrected chi connectivity index (χ1v) is 7.21. The average molecular weight is 268 g/mol. The second-order valence-corrected chi connectivity index (χ2v) is 5.74. The topological polar surface area (TPSA) is 69.7 Å². The quantitative estimate of drug-likeness (QED) is 0.705. The summed E-state index contributed by atoms with van der Waals surface area (Å²) in [6, 6.07) is 6.08. The number of anilines is 1. The summed E-state index contributed by atoms with van der Waals surface area (Å²) in [6.07, 6.45) is -1.34. The van der Waals surface area contributed by atoms with Crippen LogP contribution in [-0.4, -0.2) is 41.3 Å². The number of thioether (sulfide) groups is 1. The molecule has 5 heteroatoms. The lowest BCUT2D eigenvalue weighted by molar-refractivity contribution is 0.0572. The molecule has 1 aliphatic heterocycles. The van der Waals surface area contributed by atoms with Crippen LogP contribution in [0.1, 0.15) is 12.5 Å². The molecule has 0 spiro atoms. The minimum absolute atomic E-state index is 0.467. The fraction of sp³-hybridized carbons (Fsp3) is 0.538. The minimum Gasteiger partial charge on any atom is -0.389 e. The van der Waals surface area contributed by atoms with Crippen molar-refractivity contribution in [3.8, 4) is 0 Å². The molecule has 1 fully saturated rings. The van der Waals surface area contributed by atoms with Crippen LogP contribution in [-0.2, 0) is 6.54 Å². The molecule has 0 aromatic heterocycles. The minimum atomic E-state index is -0.668. The van der Waals surface area contributed by atoms with Gasteiger partial charge in [0.15, 0.2) is 0 Å². The Morgan fingerprint density at radius 3 is 2.56 bits per heavy atom. The standard InChI is InChI=1S/C13H20N2O2S/c1-2-18-13-5-3-4-10(9(13)6-14)15-7-11(16)12(17)8-15/h3-5,11-12,16-17H,2,6-8,14H2,1H3. The van der Waals surface area contributed by atoms with Gasteiger partial charge in [0.25, 0.3) is 0 Å². The van der Waals surface area contributed by atoms with Crippen molar-refractivity contribution in [2.45, 2.75) is 30.6 Å². The van der Waals surface area contributed by atoms with Gasteiger partial charge in [0.2, 0.25) is 0 Å². The van der Waals surface area contributed by atoms with E-state index in [4.69, 9.17) is 5.73 Å². The van der Waals surface area contributed by atoms with Gasteiger partial charge in [0.1, 0.15) is 0 Å². The Hall–Kier alpha value is -0.750. The van der Waals surface area contributed by atoms with E-state index in [-0.39, 0.29) is 0 Å². The van der Waals surface area contributed by atoms with Gasteiger partial charge < -0.3 is 20.8 Å². The van der Waals surface area contributed by atoms with Crippen molar-refractivity contribution in [3.05, 3.63) is 23.8 Å². The molecule has 1 heterocycles. The summed E-state index contributed by atoms with van der Waals surface area (Å²) in [5.74, 6) is 1.00. The molecular formula is C13H20N2O2S. The number of benzene rings is 1. The second-order valence-electron chi connectivity index (χ2n) is 4.43. The first-order chi connectivity index (χ1) is 8.67. The van der Waals surface area contributed by atoms with Crippen molar-refractivity contribution in [1.29, 1.82) is 0 Å². The van der Waals surface area contributed by atoms with Crippen LogP contribution >= 0.6 is 11.8 Å². The first kappa shape index (κ1) is 13.7. The van der Waals surface area contributed by atoms with Crippen molar-refractivity contribution in [1.82, 2.24) is 0 Å². The predicted octanol–water partition coefficient (Wildman–Crippen LogP) is 0.799. The van der Waals surface area contributed by atoms with Crippen molar-refractivity contribution >= 4 is 17.4 Å². The van der Waals surface area contributed by atoms with Gasteiger partial charge in [-0.1, -0.05) is 13.0 Å². The lowest BCUT2D eigenvalue weighted by atomic mass is 10.1. The van der Waals surface area contributed by atoms with Gasteiger partial charge in [-0.15, -0.1) is 11.8 Å². The molecule has 0 bridgehead atoms. The predicted molar refractivity (Wildman–Crippen MR) is 75.0 cm³/mol. The smallest absolute Gasteiger partial charge is 0.0990 e. The summed E-state index contributed by atoms with van der Waals surface area (Å²) in [5, 5.41) is 19.3. The summed E-state index contributed by atoms with van der Waals surface area (Å²) >= 11 is 1.77. The van der Waals surface area contributed by atoms with Crippen molar-refractivity contribution in [3.63, 3.8) is 0 Å². The molecule has 2 atom stereocenters. The molecule has 2 rings (SSSR count). The van der Waals surface area contributed by atoms with Crippen LogP contribution in [0.3, 0.4) is 0 Å². The number of nitrogens with zero attached hydrogens (tertiary/aromatic N) is 1. The van der Waals surface area contributed by atoms with E-state index in [0.717, 1.165) is 17.0 Å². The molecule has 0 aliphatic carbocycles. The zero-order valence-corrected chi connectivity index (χ0v) is 11.4. The molecular weight excluding hydrogens is 248 g/mol. The fourth-order valence-electron chi connectivity index (χ4n) is 2.31. The molecule has 18 heavy (non-hydrogen) atoms. The van der Waals surface area contributed by atoms with E-state index in [1.165, 1.54) is 4.90 Å². The Balaban J connectivity index is 2.30. The highest BCUT2D eigenvalue weighted by atomic mass is 32.2. The lowest BCUT2D eigenvalue weighted by Crippen LogP contribution is -2.23. The van der Waals surface area contributed by atoms with Gasteiger partial charge in [-0.05, 0) is 17.9 Å². The molecule has 100 valence electrons. The van der Waals surface area contributed by atoms with E-state index in [0.29, 0.717) is 19.6 Å². The number of hydrogen-bond acceptors (Lipinski definition) is 5. The SMILES string of the molecule is CCSc1cccc(N2CC(O)C(O)C2)c1CN. The lowest BCUT2D eigenvalue weighted by Gasteiger charge is -2.22. The van der Waals surface area contributed by atoms with Crippen LogP contribution in [0.5, 0.6) is 0 Å². The van der Waals surface area contributed by atoms with Gasteiger partial charge >= 0.3 is 0 Å². The molecule has 1 aromatic rings. The third-order valence-electron chi connectivity index (χ3n) is 3.21. The maximum Gasteiger partial charge on any atom is 0.0990 e. The Labute approximate surface area is 112 Å². The molecule has 4 nitrogen and oxygen atoms in total. The summed E-state index contributed by atoms with van der Waals surface area (Å²) < 4.78 is 0. The highest BCUT2D eigenvalue weighted by Crippen LogP contribution is 2.32. The number of β-amino-alcohol motifs (C(OH)–C–C–N with tert-alkyl or cyclic N) is 2. The third kappa shape index (κ3) is 2.64. The van der Waals surface area contributed by atoms with Crippen LogP contribution in [0.4, 0.5) is 5.69 Å². The molecule has 1 aliphatic rings. The van der Waals surface area contributed by atoms with E-state index >= 15 is 0 Å². The Bertz CT molecular complexity index is 404. The Morgan fingerprint density at radius 2 is 2.00 bits per heavy atom. The van der Waals surface area contributed by atoms with E-state index in [2.05, 4.69) is 13.0 Å². The van der Waals surface area contributed by atoms with Gasteiger partial charge in [0, 0.05) is 35.8 Å². The second kappa shape index (κ2) is 5.93. The van der Waals surface area contributed by atoms with Crippen LogP contribution < -0.4 is 10.6 Å². The first-order valence-electron chi connectivity index (χ1n) is 6.23. The maximum atomic E-state index is 9.64. The largest absolute Gasteiger partial charge is 0.389 e. The van der Waals surface area contributed by atoms with E-state index in [1.54, 1.807) is 11.8 Å². The monoisotopic (exact) mass is 268 g/mol. The zero-order valence-electron chi connectivity index (χ0n) is 10.5. The van der Waals surface area contributed by atoms with Gasteiger partial charge in [-0.3, -0.25) is 0 Å². The van der Waals surface area contributed by atoms with E-state index in [1.807, 2.05) is 17.0 Å². The average Bonchev–Trinajstić information content (AvgIpc) is 2.69. The maximum absolute atomic E-state index is 9.64. The zero-order chi connectivity index (χ0) is 13.1. The summed E-state index contributed by atoms with van der Waals surface area (Å²) in [5.41, 5.74) is 7.99. The van der Waals surface area contributed by atoms with Crippen LogP contribution in [0.25, 0.3) is 0 Å². The highest BCUT2D eigenvalue weighted by molar-refractivity contribution is 7.99. The van der Waals surface area contributed by atoms with Crippen molar-refractivity contribution < 1.29 is 10.2 Å². The number of rotatable bonds is 4. The van der Waals surface area contributed by atoms with E-state index < -0.39 is 12.2 Å². The molecule has 2 unspecified atom stereocenters.